The van der Waals surface area contributed by atoms with Crippen LogP contribution < -0.4 is 0 Å². The first kappa shape index (κ1) is 15.1. The molecule has 1 saturated heterocycles. The Balaban J connectivity index is 2.01. The smallest absolute Gasteiger partial charge is 0.179 e. The van der Waals surface area contributed by atoms with E-state index in [1.54, 1.807) is 0 Å². The van der Waals surface area contributed by atoms with E-state index in [2.05, 4.69) is 18.9 Å². The van der Waals surface area contributed by atoms with Crippen LogP contribution in [0.2, 0.25) is 0 Å². The van der Waals surface area contributed by atoms with Crippen LogP contribution in [0.5, 0.6) is 0 Å². The van der Waals surface area contributed by atoms with Crippen LogP contribution in [-0.4, -0.2) is 54.9 Å². The summed E-state index contributed by atoms with van der Waals surface area (Å²) in [5.41, 5.74) is -0.0293. The van der Waals surface area contributed by atoms with E-state index in [1.807, 2.05) is 4.90 Å². The van der Waals surface area contributed by atoms with Gasteiger partial charge in [0.15, 0.2) is 5.78 Å². The Morgan fingerprint density at radius 3 is 2.75 bits per heavy atom. The van der Waals surface area contributed by atoms with E-state index in [9.17, 15) is 13.6 Å². The van der Waals surface area contributed by atoms with E-state index in [-0.39, 0.29) is 17.9 Å². The van der Waals surface area contributed by atoms with E-state index in [0.717, 1.165) is 38.2 Å². The van der Waals surface area contributed by atoms with Crippen molar-refractivity contribution < 1.29 is 13.6 Å². The molecule has 3 nitrogen and oxygen atoms in total. The zero-order valence-corrected chi connectivity index (χ0v) is 11.9. The van der Waals surface area contributed by atoms with Crippen LogP contribution in [0.3, 0.4) is 0 Å². The van der Waals surface area contributed by atoms with Gasteiger partial charge < -0.3 is 4.90 Å². The van der Waals surface area contributed by atoms with Crippen molar-refractivity contribution in [2.75, 3.05) is 33.2 Å². The lowest BCUT2D eigenvalue weighted by Gasteiger charge is -2.38. The highest BCUT2D eigenvalue weighted by atomic mass is 19.1. The van der Waals surface area contributed by atoms with Crippen LogP contribution in [0.4, 0.5) is 8.78 Å². The molecule has 0 aliphatic carbocycles. The molecular weight excluding hydrogens is 262 g/mol. The van der Waals surface area contributed by atoms with Crippen molar-refractivity contribution in [3.63, 3.8) is 0 Å². The van der Waals surface area contributed by atoms with E-state index < -0.39 is 11.6 Å². The molecule has 1 unspecified atom stereocenters. The molecule has 2 rings (SSSR count). The van der Waals surface area contributed by atoms with Gasteiger partial charge in [0.2, 0.25) is 0 Å². The third-order valence-corrected chi connectivity index (χ3v) is 3.93. The molecule has 5 heteroatoms. The van der Waals surface area contributed by atoms with Crippen LogP contribution in [0.15, 0.2) is 18.2 Å². The predicted octanol–water partition coefficient (Wildman–Crippen LogP) is 2.17. The van der Waals surface area contributed by atoms with Crippen LogP contribution in [-0.2, 0) is 0 Å². The van der Waals surface area contributed by atoms with Crippen molar-refractivity contribution in [1.29, 1.82) is 0 Å². The number of ketones is 1. The summed E-state index contributed by atoms with van der Waals surface area (Å²) in [5, 5.41) is 0. The molecular formula is C15H20F2N2O. The molecule has 1 atom stereocenters. The van der Waals surface area contributed by atoms with Crippen LogP contribution in [0.1, 0.15) is 23.7 Å². The summed E-state index contributed by atoms with van der Waals surface area (Å²) in [6.45, 7) is 4.81. The second-order valence-corrected chi connectivity index (χ2v) is 5.33. The van der Waals surface area contributed by atoms with Gasteiger partial charge in [-0.15, -0.1) is 0 Å². The number of rotatable bonds is 4. The van der Waals surface area contributed by atoms with Gasteiger partial charge in [-0.1, -0.05) is 6.92 Å². The molecule has 1 aromatic carbocycles. The maximum atomic E-state index is 13.6. The fraction of sp³-hybridized carbons (Fsp3) is 0.533. The number of carbonyl (C=O) groups excluding carboxylic acids is 1. The first-order valence-corrected chi connectivity index (χ1v) is 6.92. The Kier molecular flexibility index (Phi) is 4.83. The molecule has 1 aromatic rings. The van der Waals surface area contributed by atoms with Crippen molar-refractivity contribution in [1.82, 2.24) is 9.80 Å². The molecule has 1 fully saturated rings. The molecule has 0 spiro atoms. The van der Waals surface area contributed by atoms with Gasteiger partial charge in [0.1, 0.15) is 11.6 Å². The van der Waals surface area contributed by atoms with Crippen molar-refractivity contribution in [3.8, 4) is 0 Å². The second kappa shape index (κ2) is 6.41. The van der Waals surface area contributed by atoms with Gasteiger partial charge in [0.05, 0.1) is 12.1 Å². The number of Topliss-reactive ketones (excluding diaryl/α,β-unsaturated/α-hetero) is 1. The molecule has 1 aliphatic heterocycles. The van der Waals surface area contributed by atoms with Gasteiger partial charge in [-0.3, -0.25) is 9.69 Å². The summed E-state index contributed by atoms with van der Waals surface area (Å²) in [6, 6.07) is 3.52. The molecule has 1 heterocycles. The number of hydrogen-bond donors (Lipinski definition) is 0. The summed E-state index contributed by atoms with van der Waals surface area (Å²) in [5.74, 6) is -1.73. The standard InChI is InChI=1S/C15H20F2N2O/c1-3-12-9-19(7-6-18(12)2)10-15(20)13-5-4-11(16)8-14(13)17/h4-5,8,12H,3,6-7,9-10H2,1-2H3. The number of nitrogens with zero attached hydrogens (tertiary/aromatic N) is 2. The van der Waals surface area contributed by atoms with Gasteiger partial charge in [-0.25, -0.2) is 8.78 Å². The molecule has 0 amide bonds. The van der Waals surface area contributed by atoms with Gasteiger partial charge in [-0.05, 0) is 25.6 Å². The zero-order valence-electron chi connectivity index (χ0n) is 11.9. The van der Waals surface area contributed by atoms with E-state index in [1.165, 1.54) is 6.07 Å². The zero-order chi connectivity index (χ0) is 14.7. The van der Waals surface area contributed by atoms with Crippen LogP contribution in [0, 0.1) is 11.6 Å². The van der Waals surface area contributed by atoms with Gasteiger partial charge in [-0.2, -0.15) is 0 Å². The van der Waals surface area contributed by atoms with Crippen molar-refractivity contribution >= 4 is 5.78 Å². The van der Waals surface area contributed by atoms with Gasteiger partial charge >= 0.3 is 0 Å². The second-order valence-electron chi connectivity index (χ2n) is 5.33. The summed E-state index contributed by atoms with van der Waals surface area (Å²) in [6.07, 6.45) is 1.02. The molecule has 110 valence electrons. The number of halogens is 2. The minimum Gasteiger partial charge on any atom is -0.301 e. The predicted molar refractivity (Wildman–Crippen MR) is 73.8 cm³/mol. The van der Waals surface area contributed by atoms with E-state index >= 15 is 0 Å². The first-order chi connectivity index (χ1) is 9.51. The summed E-state index contributed by atoms with van der Waals surface area (Å²) >= 11 is 0. The average Bonchev–Trinajstić information content (AvgIpc) is 2.40. The van der Waals surface area contributed by atoms with Gasteiger partial charge in [0, 0.05) is 31.7 Å². The highest BCUT2D eigenvalue weighted by Gasteiger charge is 2.25. The molecule has 0 N–H and O–H groups in total. The van der Waals surface area contributed by atoms with E-state index in [0.29, 0.717) is 6.04 Å². The Hall–Kier alpha value is -1.33. The summed E-state index contributed by atoms with van der Waals surface area (Å²) < 4.78 is 26.4. The number of carbonyl (C=O) groups is 1. The van der Waals surface area contributed by atoms with Gasteiger partial charge in [0.25, 0.3) is 0 Å². The monoisotopic (exact) mass is 282 g/mol. The maximum Gasteiger partial charge on any atom is 0.179 e. The topological polar surface area (TPSA) is 23.6 Å². The normalized spacial score (nSPS) is 21.1. The fourth-order valence-corrected chi connectivity index (χ4v) is 2.60. The lowest BCUT2D eigenvalue weighted by atomic mass is 10.1. The highest BCUT2D eigenvalue weighted by Crippen LogP contribution is 2.14. The highest BCUT2D eigenvalue weighted by molar-refractivity contribution is 5.97. The number of hydrogen-bond acceptors (Lipinski definition) is 3. The molecule has 1 aliphatic rings. The Bertz CT molecular complexity index is 493. The minimum atomic E-state index is -0.781. The number of piperazine rings is 1. The van der Waals surface area contributed by atoms with Crippen molar-refractivity contribution in [2.24, 2.45) is 0 Å². The largest absolute Gasteiger partial charge is 0.301 e. The van der Waals surface area contributed by atoms with Crippen LogP contribution >= 0.6 is 0 Å². The Morgan fingerprint density at radius 2 is 2.10 bits per heavy atom. The first-order valence-electron chi connectivity index (χ1n) is 6.92. The molecule has 0 radical (unpaired) electrons. The average molecular weight is 282 g/mol. The molecule has 20 heavy (non-hydrogen) atoms. The van der Waals surface area contributed by atoms with E-state index in [4.69, 9.17) is 0 Å². The summed E-state index contributed by atoms with van der Waals surface area (Å²) in [4.78, 5) is 16.4. The Morgan fingerprint density at radius 1 is 1.35 bits per heavy atom. The lowest BCUT2D eigenvalue weighted by Crippen LogP contribution is -2.52. The number of likely N-dealkylation sites (N-methyl/N-ethyl adjacent to an activating group) is 1. The van der Waals surface area contributed by atoms with Crippen LogP contribution in [0.25, 0.3) is 0 Å². The SMILES string of the molecule is CCC1CN(CC(=O)c2ccc(F)cc2F)CCN1C. The lowest BCUT2D eigenvalue weighted by molar-refractivity contribution is 0.0740. The minimum absolute atomic E-state index is 0.0293. The fourth-order valence-electron chi connectivity index (χ4n) is 2.60. The third-order valence-electron chi connectivity index (χ3n) is 3.93. The third kappa shape index (κ3) is 3.41. The Labute approximate surface area is 118 Å². The number of benzene rings is 1. The quantitative estimate of drug-likeness (QED) is 0.791. The molecule has 0 bridgehead atoms. The van der Waals surface area contributed by atoms with Crippen molar-refractivity contribution in [2.45, 2.75) is 19.4 Å². The summed E-state index contributed by atoms with van der Waals surface area (Å²) in [7, 11) is 2.08. The molecule has 0 aromatic heterocycles. The maximum absolute atomic E-state index is 13.6. The molecule has 0 saturated carbocycles. The van der Waals surface area contributed by atoms with Crippen molar-refractivity contribution in [3.05, 3.63) is 35.4 Å².